The lowest BCUT2D eigenvalue weighted by Crippen LogP contribution is -2.55. The molecule has 1 amide bonds. The maximum atomic E-state index is 14.7. The summed E-state index contributed by atoms with van der Waals surface area (Å²) in [4.78, 5) is 26.1. The number of carbonyl (C=O) groups excluding carboxylic acids is 1. The molecule has 2 saturated heterocycles. The molecule has 1 aromatic carbocycles. The molecular formula is C28H37FN6O2. The quantitative estimate of drug-likeness (QED) is 0.562. The van der Waals surface area contributed by atoms with Gasteiger partial charge in [0.25, 0.3) is 5.91 Å². The second-order valence-corrected chi connectivity index (χ2v) is 12.3. The molecule has 1 saturated carbocycles. The smallest absolute Gasteiger partial charge is 0.270 e. The van der Waals surface area contributed by atoms with Crippen LogP contribution in [0.2, 0.25) is 0 Å². The van der Waals surface area contributed by atoms with E-state index < -0.39 is 11.4 Å². The molecule has 8 nitrogen and oxygen atoms in total. The summed E-state index contributed by atoms with van der Waals surface area (Å²) in [5.41, 5.74) is 0.637. The molecule has 198 valence electrons. The maximum absolute atomic E-state index is 14.7. The fourth-order valence-corrected chi connectivity index (χ4v) is 6.36. The number of carbonyl (C=O) groups is 1. The first-order valence-corrected chi connectivity index (χ1v) is 13.6. The largest absolute Gasteiger partial charge is 0.476 e. The summed E-state index contributed by atoms with van der Waals surface area (Å²) in [6.07, 6.45) is 7.88. The molecular weight excluding hydrogens is 471 g/mol. The molecule has 3 aliphatic heterocycles. The summed E-state index contributed by atoms with van der Waals surface area (Å²) in [6, 6.07) is 6.33. The van der Waals surface area contributed by atoms with Crippen molar-refractivity contribution in [2.45, 2.75) is 89.4 Å². The summed E-state index contributed by atoms with van der Waals surface area (Å²) in [5, 5.41) is 6.58. The molecule has 2 N–H and O–H groups in total. The summed E-state index contributed by atoms with van der Waals surface area (Å²) in [7, 11) is 0. The van der Waals surface area contributed by atoms with Gasteiger partial charge >= 0.3 is 0 Å². The number of halogens is 1. The molecule has 1 aliphatic carbocycles. The Kier molecular flexibility index (Phi) is 5.82. The monoisotopic (exact) mass is 508 g/mol. The Bertz CT molecular complexity index is 1210. The molecule has 1 aromatic heterocycles. The molecule has 9 heteroatoms. The standard InChI is InChI=1S/C28H37FN6O2/c1-27(2)14-19(12-20-6-5-11-35(20)27)31-24-21(29)15-30-26(33-24)32-18-9-10-22-23(13-18)37-28(3,4)25(36)34(22)16-17-7-8-17/h9-10,13,15,17,19-20H,5-8,11-12,14,16H2,1-4H3,(H2,30,31,32,33). The fourth-order valence-electron chi connectivity index (χ4n) is 6.36. The van der Waals surface area contributed by atoms with E-state index in [4.69, 9.17) is 4.74 Å². The van der Waals surface area contributed by atoms with E-state index in [1.54, 1.807) is 13.8 Å². The molecule has 4 aliphatic rings. The number of nitrogens with zero attached hydrogens (tertiary/aromatic N) is 4. The zero-order valence-electron chi connectivity index (χ0n) is 22.2. The minimum atomic E-state index is -0.938. The van der Waals surface area contributed by atoms with E-state index in [0.717, 1.165) is 44.5 Å². The van der Waals surface area contributed by atoms with Crippen LogP contribution in [-0.2, 0) is 4.79 Å². The Morgan fingerprint density at radius 3 is 2.78 bits per heavy atom. The molecule has 0 radical (unpaired) electrons. The van der Waals surface area contributed by atoms with Crippen molar-refractivity contribution in [1.29, 1.82) is 0 Å². The molecule has 2 atom stereocenters. The van der Waals surface area contributed by atoms with Crippen LogP contribution in [-0.4, -0.2) is 57.1 Å². The first-order chi connectivity index (χ1) is 17.6. The highest BCUT2D eigenvalue weighted by atomic mass is 19.1. The topological polar surface area (TPSA) is 82.6 Å². The van der Waals surface area contributed by atoms with Crippen LogP contribution in [0.3, 0.4) is 0 Å². The molecule has 0 bridgehead atoms. The maximum Gasteiger partial charge on any atom is 0.270 e. The molecule has 37 heavy (non-hydrogen) atoms. The minimum absolute atomic E-state index is 0.0168. The molecule has 6 rings (SSSR count). The second-order valence-electron chi connectivity index (χ2n) is 12.3. The second kappa shape index (κ2) is 8.82. The van der Waals surface area contributed by atoms with Crippen LogP contribution in [0.15, 0.2) is 24.4 Å². The normalized spacial score (nSPS) is 26.3. The highest BCUT2D eigenvalue weighted by molar-refractivity contribution is 6.02. The van der Waals surface area contributed by atoms with Crippen LogP contribution in [0.25, 0.3) is 0 Å². The van der Waals surface area contributed by atoms with Gasteiger partial charge in [-0.15, -0.1) is 0 Å². The highest BCUT2D eigenvalue weighted by Gasteiger charge is 2.44. The summed E-state index contributed by atoms with van der Waals surface area (Å²) >= 11 is 0. The molecule has 2 aromatic rings. The van der Waals surface area contributed by atoms with Crippen LogP contribution in [0.5, 0.6) is 5.75 Å². The van der Waals surface area contributed by atoms with Gasteiger partial charge in [0.1, 0.15) is 5.75 Å². The van der Waals surface area contributed by atoms with Crippen LogP contribution in [0, 0.1) is 11.7 Å². The number of benzene rings is 1. The Morgan fingerprint density at radius 1 is 1.19 bits per heavy atom. The number of anilines is 4. The number of aromatic nitrogens is 2. The van der Waals surface area contributed by atoms with E-state index in [9.17, 15) is 9.18 Å². The number of amides is 1. The van der Waals surface area contributed by atoms with E-state index in [-0.39, 0.29) is 23.3 Å². The molecule has 3 fully saturated rings. The van der Waals surface area contributed by atoms with E-state index in [0.29, 0.717) is 29.3 Å². The number of rotatable bonds is 6. The van der Waals surface area contributed by atoms with Crippen molar-refractivity contribution < 1.29 is 13.9 Å². The molecule has 4 heterocycles. The van der Waals surface area contributed by atoms with Gasteiger partial charge < -0.3 is 20.3 Å². The van der Waals surface area contributed by atoms with E-state index in [2.05, 4.69) is 39.3 Å². The Hall–Kier alpha value is -2.94. The van der Waals surface area contributed by atoms with Gasteiger partial charge in [-0.1, -0.05) is 0 Å². The number of nitrogens with one attached hydrogen (secondary N) is 2. The summed E-state index contributed by atoms with van der Waals surface area (Å²) < 4.78 is 20.8. The lowest BCUT2D eigenvalue weighted by atomic mass is 9.84. The van der Waals surface area contributed by atoms with Gasteiger partial charge in [-0.2, -0.15) is 4.98 Å². The van der Waals surface area contributed by atoms with Gasteiger partial charge in [0, 0.05) is 35.9 Å². The first kappa shape index (κ1) is 24.4. The van der Waals surface area contributed by atoms with Crippen molar-refractivity contribution in [3.63, 3.8) is 0 Å². The Labute approximate surface area is 218 Å². The van der Waals surface area contributed by atoms with Crippen LogP contribution in [0.4, 0.5) is 27.5 Å². The van der Waals surface area contributed by atoms with Crippen LogP contribution in [0.1, 0.15) is 66.2 Å². The number of hydrogen-bond donors (Lipinski definition) is 2. The zero-order chi connectivity index (χ0) is 25.9. The van der Waals surface area contributed by atoms with Crippen LogP contribution >= 0.6 is 0 Å². The third kappa shape index (κ3) is 4.74. The van der Waals surface area contributed by atoms with E-state index in [1.165, 1.54) is 19.0 Å². The molecule has 2 unspecified atom stereocenters. The van der Waals surface area contributed by atoms with Crippen molar-refractivity contribution in [2.75, 3.05) is 28.6 Å². The van der Waals surface area contributed by atoms with Gasteiger partial charge in [-0.25, -0.2) is 9.37 Å². The number of ether oxygens (including phenoxy) is 1. The average molecular weight is 509 g/mol. The van der Waals surface area contributed by atoms with Gasteiger partial charge in [-0.05, 0) is 90.8 Å². The van der Waals surface area contributed by atoms with Gasteiger partial charge in [0.15, 0.2) is 17.2 Å². The SMILES string of the molecule is CC1(C)Oc2cc(Nc3ncc(F)c(NC4CC5CCCN5C(C)(C)C4)n3)ccc2N(CC2CC2)C1=O. The Balaban J connectivity index is 1.20. The minimum Gasteiger partial charge on any atom is -0.476 e. The van der Waals surface area contributed by atoms with Crippen molar-refractivity contribution in [3.05, 3.63) is 30.2 Å². The van der Waals surface area contributed by atoms with E-state index >= 15 is 0 Å². The highest BCUT2D eigenvalue weighted by Crippen LogP contribution is 2.43. The fraction of sp³-hybridized carbons (Fsp3) is 0.607. The summed E-state index contributed by atoms with van der Waals surface area (Å²) in [6.45, 7) is 10.0. The number of hydrogen-bond acceptors (Lipinski definition) is 7. The third-order valence-electron chi connectivity index (χ3n) is 8.31. The van der Waals surface area contributed by atoms with Crippen LogP contribution < -0.4 is 20.3 Å². The van der Waals surface area contributed by atoms with Crippen molar-refractivity contribution in [2.24, 2.45) is 5.92 Å². The summed E-state index contributed by atoms with van der Waals surface area (Å²) in [5.74, 6) is 1.26. The number of piperidine rings is 1. The van der Waals surface area contributed by atoms with Gasteiger partial charge in [0.2, 0.25) is 5.95 Å². The lowest BCUT2D eigenvalue weighted by Gasteiger charge is -2.47. The zero-order valence-corrected chi connectivity index (χ0v) is 22.2. The van der Waals surface area contributed by atoms with Crippen molar-refractivity contribution in [1.82, 2.24) is 14.9 Å². The van der Waals surface area contributed by atoms with E-state index in [1.807, 2.05) is 23.1 Å². The molecule has 0 spiro atoms. The van der Waals surface area contributed by atoms with Gasteiger partial charge in [0.05, 0.1) is 11.9 Å². The Morgan fingerprint density at radius 2 is 2.00 bits per heavy atom. The predicted molar refractivity (Wildman–Crippen MR) is 142 cm³/mol. The average Bonchev–Trinajstić information content (AvgIpc) is 3.51. The van der Waals surface area contributed by atoms with Crippen molar-refractivity contribution in [3.8, 4) is 5.75 Å². The number of fused-ring (bicyclic) bond motifs is 2. The van der Waals surface area contributed by atoms with Gasteiger partial charge in [-0.3, -0.25) is 9.69 Å². The lowest BCUT2D eigenvalue weighted by molar-refractivity contribution is -0.132. The first-order valence-electron chi connectivity index (χ1n) is 13.6. The predicted octanol–water partition coefficient (Wildman–Crippen LogP) is 5.09. The third-order valence-corrected chi connectivity index (χ3v) is 8.31. The van der Waals surface area contributed by atoms with Crippen molar-refractivity contribution >= 4 is 29.0 Å².